The summed E-state index contributed by atoms with van der Waals surface area (Å²) in [5.41, 5.74) is 3.27. The van der Waals surface area contributed by atoms with Crippen LogP contribution in [-0.4, -0.2) is 17.3 Å². The van der Waals surface area contributed by atoms with E-state index >= 15 is 0 Å². The summed E-state index contributed by atoms with van der Waals surface area (Å²) in [7, 11) is 1.62. The van der Waals surface area contributed by atoms with E-state index in [1.165, 1.54) is 0 Å². The van der Waals surface area contributed by atoms with Gasteiger partial charge in [-0.25, -0.2) is 0 Å². The summed E-state index contributed by atoms with van der Waals surface area (Å²) < 4.78 is 16.9. The standard InChI is InChI=1S/C19H20N2O3/c1-13-9-14(2)11-16(10-13)23-12-17-20-21-19(24-17)18(22-3)15-7-5-4-6-8-15/h4-11,18H,12H2,1-3H3. The summed E-state index contributed by atoms with van der Waals surface area (Å²) in [5.74, 6) is 1.63. The topological polar surface area (TPSA) is 57.4 Å². The molecule has 0 saturated heterocycles. The van der Waals surface area contributed by atoms with E-state index in [0.717, 1.165) is 22.4 Å². The average molecular weight is 324 g/mol. The first-order chi connectivity index (χ1) is 11.7. The lowest BCUT2D eigenvalue weighted by atomic mass is 10.1. The molecule has 1 heterocycles. The van der Waals surface area contributed by atoms with Gasteiger partial charge in [0.05, 0.1) is 0 Å². The molecule has 1 atom stereocenters. The van der Waals surface area contributed by atoms with E-state index < -0.39 is 0 Å². The minimum Gasteiger partial charge on any atom is -0.484 e. The third kappa shape index (κ3) is 3.81. The van der Waals surface area contributed by atoms with Crippen molar-refractivity contribution in [3.63, 3.8) is 0 Å². The monoisotopic (exact) mass is 324 g/mol. The SMILES string of the molecule is COC(c1ccccc1)c1nnc(COc2cc(C)cc(C)c2)o1. The van der Waals surface area contributed by atoms with Gasteiger partial charge < -0.3 is 13.9 Å². The molecular weight excluding hydrogens is 304 g/mol. The van der Waals surface area contributed by atoms with E-state index in [-0.39, 0.29) is 12.7 Å². The lowest BCUT2D eigenvalue weighted by Crippen LogP contribution is -2.03. The predicted octanol–water partition coefficient (Wildman–Crippen LogP) is 4.00. The van der Waals surface area contributed by atoms with Gasteiger partial charge in [-0.3, -0.25) is 0 Å². The molecule has 0 amide bonds. The molecule has 124 valence electrons. The Balaban J connectivity index is 1.71. The average Bonchev–Trinajstić information content (AvgIpc) is 3.02. The first kappa shape index (κ1) is 16.2. The lowest BCUT2D eigenvalue weighted by Gasteiger charge is -2.10. The molecule has 0 N–H and O–H groups in total. The Labute approximate surface area is 141 Å². The molecule has 0 spiro atoms. The Bertz CT molecular complexity index is 779. The van der Waals surface area contributed by atoms with Gasteiger partial charge in [-0.15, -0.1) is 10.2 Å². The van der Waals surface area contributed by atoms with E-state index in [1.807, 2.05) is 56.3 Å². The first-order valence-corrected chi connectivity index (χ1v) is 7.77. The van der Waals surface area contributed by atoms with Crippen molar-refractivity contribution >= 4 is 0 Å². The highest BCUT2D eigenvalue weighted by Gasteiger charge is 2.20. The summed E-state index contributed by atoms with van der Waals surface area (Å²) in [6.45, 7) is 4.29. The fraction of sp³-hybridized carbons (Fsp3) is 0.263. The zero-order valence-electron chi connectivity index (χ0n) is 14.0. The van der Waals surface area contributed by atoms with Gasteiger partial charge in [0.2, 0.25) is 5.89 Å². The van der Waals surface area contributed by atoms with Gasteiger partial charge in [0.1, 0.15) is 5.75 Å². The van der Waals surface area contributed by atoms with Gasteiger partial charge >= 0.3 is 0 Å². The molecular formula is C19H20N2O3. The minimum atomic E-state index is -0.381. The number of aryl methyl sites for hydroxylation is 2. The molecule has 0 fully saturated rings. The molecule has 0 radical (unpaired) electrons. The second-order valence-electron chi connectivity index (χ2n) is 5.67. The number of hydrogen-bond acceptors (Lipinski definition) is 5. The van der Waals surface area contributed by atoms with E-state index in [9.17, 15) is 0 Å². The quantitative estimate of drug-likeness (QED) is 0.686. The Hall–Kier alpha value is -2.66. The van der Waals surface area contributed by atoms with Crippen molar-refractivity contribution in [2.75, 3.05) is 7.11 Å². The number of rotatable bonds is 6. The van der Waals surface area contributed by atoms with Gasteiger partial charge in [0.15, 0.2) is 12.7 Å². The predicted molar refractivity (Wildman–Crippen MR) is 89.8 cm³/mol. The highest BCUT2D eigenvalue weighted by molar-refractivity contribution is 5.33. The van der Waals surface area contributed by atoms with E-state index in [2.05, 4.69) is 16.3 Å². The van der Waals surface area contributed by atoms with Crippen LogP contribution in [0.25, 0.3) is 0 Å². The van der Waals surface area contributed by atoms with Crippen LogP contribution in [0.5, 0.6) is 5.75 Å². The van der Waals surface area contributed by atoms with Crippen molar-refractivity contribution in [2.45, 2.75) is 26.6 Å². The molecule has 2 aromatic carbocycles. The van der Waals surface area contributed by atoms with Crippen molar-refractivity contribution < 1.29 is 13.9 Å². The Kier molecular flexibility index (Phi) is 4.91. The van der Waals surface area contributed by atoms with Crippen molar-refractivity contribution in [3.05, 3.63) is 77.0 Å². The smallest absolute Gasteiger partial charge is 0.254 e. The van der Waals surface area contributed by atoms with Crippen LogP contribution in [0.2, 0.25) is 0 Å². The van der Waals surface area contributed by atoms with E-state index in [4.69, 9.17) is 13.9 Å². The molecule has 1 aromatic heterocycles. The molecule has 0 aliphatic carbocycles. The number of aromatic nitrogens is 2. The molecule has 5 nitrogen and oxygen atoms in total. The van der Waals surface area contributed by atoms with Crippen LogP contribution in [-0.2, 0) is 11.3 Å². The normalized spacial score (nSPS) is 12.1. The van der Waals surface area contributed by atoms with Gasteiger partial charge in [-0.1, -0.05) is 36.4 Å². The van der Waals surface area contributed by atoms with Crippen molar-refractivity contribution in [2.24, 2.45) is 0 Å². The highest BCUT2D eigenvalue weighted by Crippen LogP contribution is 2.24. The van der Waals surface area contributed by atoms with Gasteiger partial charge in [0.25, 0.3) is 5.89 Å². The summed E-state index contributed by atoms with van der Waals surface area (Å²) in [6, 6.07) is 15.8. The van der Waals surface area contributed by atoms with E-state index in [0.29, 0.717) is 11.8 Å². The van der Waals surface area contributed by atoms with Gasteiger partial charge in [0, 0.05) is 7.11 Å². The van der Waals surface area contributed by atoms with Crippen molar-refractivity contribution in [1.82, 2.24) is 10.2 Å². The Morgan fingerprint density at radius 1 is 1.00 bits per heavy atom. The van der Waals surface area contributed by atoms with Crippen molar-refractivity contribution in [1.29, 1.82) is 0 Å². The van der Waals surface area contributed by atoms with Gasteiger partial charge in [-0.2, -0.15) is 0 Å². The van der Waals surface area contributed by atoms with Crippen LogP contribution in [0.1, 0.15) is 34.6 Å². The van der Waals surface area contributed by atoms with Gasteiger partial charge in [-0.05, 0) is 42.7 Å². The van der Waals surface area contributed by atoms with E-state index in [1.54, 1.807) is 7.11 Å². The van der Waals surface area contributed by atoms with Crippen LogP contribution in [0.3, 0.4) is 0 Å². The molecule has 0 aliphatic rings. The molecule has 5 heteroatoms. The second kappa shape index (κ2) is 7.27. The summed E-state index contributed by atoms with van der Waals surface area (Å²) in [4.78, 5) is 0. The fourth-order valence-corrected chi connectivity index (χ4v) is 2.60. The van der Waals surface area contributed by atoms with Crippen LogP contribution in [0, 0.1) is 13.8 Å². The Morgan fingerprint density at radius 2 is 1.71 bits per heavy atom. The van der Waals surface area contributed by atoms with Crippen LogP contribution in [0.15, 0.2) is 52.9 Å². The third-order valence-corrected chi connectivity index (χ3v) is 3.60. The summed E-state index contributed by atoms with van der Waals surface area (Å²) >= 11 is 0. The minimum absolute atomic E-state index is 0.223. The number of nitrogens with zero attached hydrogens (tertiary/aromatic N) is 2. The Morgan fingerprint density at radius 3 is 2.38 bits per heavy atom. The third-order valence-electron chi connectivity index (χ3n) is 3.60. The zero-order chi connectivity index (χ0) is 16.9. The van der Waals surface area contributed by atoms with Crippen molar-refractivity contribution in [3.8, 4) is 5.75 Å². The summed E-state index contributed by atoms with van der Waals surface area (Å²) in [6.07, 6.45) is -0.381. The molecule has 3 aromatic rings. The number of methoxy groups -OCH3 is 1. The second-order valence-corrected chi connectivity index (χ2v) is 5.67. The van der Waals surface area contributed by atoms with Crippen LogP contribution < -0.4 is 4.74 Å². The zero-order valence-corrected chi connectivity index (χ0v) is 14.0. The lowest BCUT2D eigenvalue weighted by molar-refractivity contribution is 0.108. The maximum Gasteiger partial charge on any atom is 0.254 e. The first-order valence-electron chi connectivity index (χ1n) is 7.77. The molecule has 0 aliphatic heterocycles. The molecule has 1 unspecified atom stereocenters. The number of benzene rings is 2. The molecule has 24 heavy (non-hydrogen) atoms. The van der Waals surface area contributed by atoms with Crippen LogP contribution >= 0.6 is 0 Å². The molecule has 0 saturated carbocycles. The number of hydrogen-bond donors (Lipinski definition) is 0. The summed E-state index contributed by atoms with van der Waals surface area (Å²) in [5, 5.41) is 8.14. The maximum absolute atomic E-state index is 5.75. The molecule has 3 rings (SSSR count). The molecule has 0 bridgehead atoms. The maximum atomic E-state index is 5.75. The largest absolute Gasteiger partial charge is 0.484 e. The highest BCUT2D eigenvalue weighted by atomic mass is 16.5. The van der Waals surface area contributed by atoms with Crippen LogP contribution in [0.4, 0.5) is 0 Å². The fourth-order valence-electron chi connectivity index (χ4n) is 2.60. The number of ether oxygens (including phenoxy) is 2.